The van der Waals surface area contributed by atoms with Crippen molar-refractivity contribution in [1.82, 2.24) is 10.2 Å². The van der Waals surface area contributed by atoms with Crippen molar-refractivity contribution in [3.05, 3.63) is 23.8 Å². The van der Waals surface area contributed by atoms with Crippen LogP contribution in [-0.4, -0.2) is 62.7 Å². The van der Waals surface area contributed by atoms with Crippen molar-refractivity contribution in [3.8, 4) is 5.75 Å². The average Bonchev–Trinajstić information content (AvgIpc) is 3.52. The Hall–Kier alpha value is -2.12. The molecule has 1 aliphatic heterocycles. The minimum absolute atomic E-state index is 0.0310. The summed E-state index contributed by atoms with van der Waals surface area (Å²) in [5.41, 5.74) is 1.14. The van der Waals surface area contributed by atoms with E-state index in [-0.39, 0.29) is 35.8 Å². The Morgan fingerprint density at radius 2 is 2.07 bits per heavy atom. The molecule has 2 aliphatic rings. The van der Waals surface area contributed by atoms with Gasteiger partial charge < -0.3 is 25.0 Å². The maximum Gasteiger partial charge on any atom is 0.257 e. The molecule has 1 saturated carbocycles. The summed E-state index contributed by atoms with van der Waals surface area (Å²) in [5, 5.41) is 6.38. The van der Waals surface area contributed by atoms with Crippen molar-refractivity contribution >= 4 is 17.5 Å². The van der Waals surface area contributed by atoms with Crippen molar-refractivity contribution < 1.29 is 19.1 Å². The highest BCUT2D eigenvalue weighted by Gasteiger charge is 2.30. The van der Waals surface area contributed by atoms with Gasteiger partial charge in [0.1, 0.15) is 12.4 Å². The molecule has 0 unspecified atom stereocenters. The predicted molar refractivity (Wildman–Crippen MR) is 108 cm³/mol. The lowest BCUT2D eigenvalue weighted by atomic mass is 10.0. The lowest BCUT2D eigenvalue weighted by Gasteiger charge is -2.30. The molecule has 7 heteroatoms. The smallest absolute Gasteiger partial charge is 0.257 e. The van der Waals surface area contributed by atoms with E-state index in [0.717, 1.165) is 19.4 Å². The zero-order valence-electron chi connectivity index (χ0n) is 17.2. The highest BCUT2D eigenvalue weighted by molar-refractivity contribution is 5.99. The third-order valence-corrected chi connectivity index (χ3v) is 5.44. The van der Waals surface area contributed by atoms with Crippen LogP contribution in [0, 0.1) is 11.8 Å². The number of fused-ring (bicyclic) bond motifs is 1. The van der Waals surface area contributed by atoms with Crippen molar-refractivity contribution in [1.29, 1.82) is 0 Å². The lowest BCUT2D eigenvalue weighted by molar-refractivity contribution is -0.117. The number of hydrogen-bond donors (Lipinski definition) is 2. The second kappa shape index (κ2) is 8.92. The molecule has 1 fully saturated rings. The first-order valence-corrected chi connectivity index (χ1v) is 9.98. The Kier molecular flexibility index (Phi) is 6.57. The van der Waals surface area contributed by atoms with Gasteiger partial charge in [0.05, 0.1) is 11.7 Å². The maximum absolute atomic E-state index is 13.0. The first-order valence-electron chi connectivity index (χ1n) is 9.98. The first kappa shape index (κ1) is 20.6. The summed E-state index contributed by atoms with van der Waals surface area (Å²) in [5.74, 6) is 0.768. The molecule has 3 rings (SSSR count). The number of benzene rings is 1. The number of likely N-dealkylation sites (N-methyl/N-ethyl adjacent to an activating group) is 1. The third-order valence-electron chi connectivity index (χ3n) is 5.44. The molecule has 3 atom stereocenters. The Labute approximate surface area is 166 Å². The van der Waals surface area contributed by atoms with Gasteiger partial charge in [0.25, 0.3) is 5.91 Å². The van der Waals surface area contributed by atoms with Crippen LogP contribution in [0.5, 0.6) is 5.75 Å². The van der Waals surface area contributed by atoms with E-state index in [2.05, 4.69) is 17.6 Å². The van der Waals surface area contributed by atoms with Gasteiger partial charge in [-0.15, -0.1) is 0 Å². The van der Waals surface area contributed by atoms with Crippen LogP contribution in [0.15, 0.2) is 18.2 Å². The molecule has 7 nitrogen and oxygen atoms in total. The number of carbonyl (C=O) groups excluding carboxylic acids is 2. The van der Waals surface area contributed by atoms with Crippen LogP contribution in [0.1, 0.15) is 37.0 Å². The lowest BCUT2D eigenvalue weighted by Crippen LogP contribution is -2.44. The second-order valence-corrected chi connectivity index (χ2v) is 8.03. The monoisotopic (exact) mass is 389 g/mol. The Bertz CT molecular complexity index is 720. The number of hydrogen-bond acceptors (Lipinski definition) is 5. The highest BCUT2D eigenvalue weighted by Crippen LogP contribution is 2.31. The Morgan fingerprint density at radius 1 is 1.32 bits per heavy atom. The van der Waals surface area contributed by atoms with Crippen molar-refractivity contribution in [2.45, 2.75) is 38.8 Å². The van der Waals surface area contributed by atoms with Gasteiger partial charge in [-0.3, -0.25) is 9.59 Å². The van der Waals surface area contributed by atoms with Crippen molar-refractivity contribution in [2.24, 2.45) is 11.8 Å². The molecule has 154 valence electrons. The zero-order valence-corrected chi connectivity index (χ0v) is 17.2. The van der Waals surface area contributed by atoms with E-state index < -0.39 is 0 Å². The summed E-state index contributed by atoms with van der Waals surface area (Å²) >= 11 is 0. The first-order chi connectivity index (χ1) is 13.4. The van der Waals surface area contributed by atoms with Gasteiger partial charge in [-0.2, -0.15) is 0 Å². The standard InChI is InChI=1S/C21H31N3O4/c1-13-10-22-14(2)12-28-18-9-16(23-20(25)15-5-6-15)7-8-17(18)21(26)24(3)11-19(13)27-4/h7-9,13-15,19,22H,5-6,10-12H2,1-4H3,(H,23,25)/t13-,14+,19+/m0/s1. The van der Waals surface area contributed by atoms with Gasteiger partial charge in [-0.1, -0.05) is 6.92 Å². The van der Waals surface area contributed by atoms with Crippen LogP contribution in [0.25, 0.3) is 0 Å². The molecule has 1 aromatic rings. The van der Waals surface area contributed by atoms with E-state index in [1.165, 1.54) is 0 Å². The van der Waals surface area contributed by atoms with E-state index in [1.54, 1.807) is 37.3 Å². The summed E-state index contributed by atoms with van der Waals surface area (Å²) < 4.78 is 11.6. The van der Waals surface area contributed by atoms with Gasteiger partial charge in [0.15, 0.2) is 0 Å². The Morgan fingerprint density at radius 3 is 2.75 bits per heavy atom. The zero-order chi connectivity index (χ0) is 20.3. The van der Waals surface area contributed by atoms with Crippen LogP contribution in [-0.2, 0) is 9.53 Å². The molecule has 2 amide bonds. The van der Waals surface area contributed by atoms with E-state index in [0.29, 0.717) is 30.2 Å². The maximum atomic E-state index is 13.0. The number of nitrogens with one attached hydrogen (secondary N) is 2. The SMILES string of the molecule is CO[C@@H]1CN(C)C(=O)c2ccc(NC(=O)C3CC3)cc2OC[C@@H](C)NC[C@@H]1C. The fraction of sp³-hybridized carbons (Fsp3) is 0.619. The molecule has 2 N–H and O–H groups in total. The number of anilines is 1. The molecule has 1 aromatic carbocycles. The molecular formula is C21H31N3O4. The number of nitrogens with zero attached hydrogens (tertiary/aromatic N) is 1. The highest BCUT2D eigenvalue weighted by atomic mass is 16.5. The van der Waals surface area contributed by atoms with Gasteiger partial charge >= 0.3 is 0 Å². The summed E-state index contributed by atoms with van der Waals surface area (Å²) in [4.78, 5) is 26.8. The van der Waals surface area contributed by atoms with Crippen LogP contribution < -0.4 is 15.4 Å². The van der Waals surface area contributed by atoms with E-state index in [1.807, 2.05) is 6.92 Å². The van der Waals surface area contributed by atoms with Gasteiger partial charge in [0, 0.05) is 51.0 Å². The number of rotatable bonds is 3. The second-order valence-electron chi connectivity index (χ2n) is 8.03. The number of amides is 2. The largest absolute Gasteiger partial charge is 0.491 e. The third kappa shape index (κ3) is 5.02. The summed E-state index contributed by atoms with van der Waals surface area (Å²) in [6.07, 6.45) is 1.83. The quantitative estimate of drug-likeness (QED) is 0.828. The molecule has 0 spiro atoms. The summed E-state index contributed by atoms with van der Waals surface area (Å²) in [6.45, 7) is 5.85. The van der Waals surface area contributed by atoms with Crippen molar-refractivity contribution in [3.63, 3.8) is 0 Å². The molecule has 1 heterocycles. The molecule has 28 heavy (non-hydrogen) atoms. The van der Waals surface area contributed by atoms with Gasteiger partial charge in [-0.25, -0.2) is 0 Å². The van der Waals surface area contributed by atoms with Crippen LogP contribution >= 0.6 is 0 Å². The van der Waals surface area contributed by atoms with Crippen LogP contribution in [0.2, 0.25) is 0 Å². The average molecular weight is 389 g/mol. The molecule has 0 saturated heterocycles. The fourth-order valence-electron chi connectivity index (χ4n) is 3.32. The molecule has 0 bridgehead atoms. The van der Waals surface area contributed by atoms with Crippen LogP contribution in [0.4, 0.5) is 5.69 Å². The van der Waals surface area contributed by atoms with Gasteiger partial charge in [-0.05, 0) is 37.8 Å². The number of ether oxygens (including phenoxy) is 2. The normalized spacial score (nSPS) is 26.5. The van der Waals surface area contributed by atoms with E-state index >= 15 is 0 Å². The summed E-state index contributed by atoms with van der Waals surface area (Å²) in [6, 6.07) is 5.35. The summed E-state index contributed by atoms with van der Waals surface area (Å²) in [7, 11) is 3.45. The molecular weight excluding hydrogens is 358 g/mol. The Balaban J connectivity index is 1.85. The number of methoxy groups -OCH3 is 1. The van der Waals surface area contributed by atoms with E-state index in [4.69, 9.17) is 9.47 Å². The topological polar surface area (TPSA) is 79.9 Å². The van der Waals surface area contributed by atoms with E-state index in [9.17, 15) is 9.59 Å². The van der Waals surface area contributed by atoms with Crippen molar-refractivity contribution in [2.75, 3.05) is 39.2 Å². The molecule has 0 radical (unpaired) electrons. The van der Waals surface area contributed by atoms with Crippen LogP contribution in [0.3, 0.4) is 0 Å². The minimum atomic E-state index is -0.120. The van der Waals surface area contributed by atoms with Gasteiger partial charge in [0.2, 0.25) is 5.91 Å². The number of carbonyl (C=O) groups is 2. The predicted octanol–water partition coefficient (Wildman–Crippen LogP) is 2.13. The fourth-order valence-corrected chi connectivity index (χ4v) is 3.32. The minimum Gasteiger partial charge on any atom is -0.491 e. The molecule has 1 aliphatic carbocycles. The molecule has 0 aromatic heterocycles.